The highest BCUT2D eigenvalue weighted by Crippen LogP contribution is 1.83. The van der Waals surface area contributed by atoms with Gasteiger partial charge in [-0.1, -0.05) is 6.58 Å². The average molecular weight is 172 g/mol. The Morgan fingerprint density at radius 2 is 2.17 bits per heavy atom. The van der Waals surface area contributed by atoms with Crippen molar-refractivity contribution >= 4 is 5.91 Å². The number of carbonyl (C=O) groups is 1. The summed E-state index contributed by atoms with van der Waals surface area (Å²) in [6.07, 6.45) is 0.575. The summed E-state index contributed by atoms with van der Waals surface area (Å²) in [5, 5.41) is 13.8. The second-order valence-corrected chi connectivity index (χ2v) is 2.34. The highest BCUT2D eigenvalue weighted by molar-refractivity contribution is 5.92. The van der Waals surface area contributed by atoms with E-state index in [0.29, 0.717) is 25.2 Å². The number of amides is 1. The van der Waals surface area contributed by atoms with Crippen LogP contribution in [0.4, 0.5) is 0 Å². The van der Waals surface area contributed by atoms with Crippen LogP contribution in [0.15, 0.2) is 12.3 Å². The first kappa shape index (κ1) is 11.0. The molecule has 0 aliphatic carbocycles. The third-order valence-corrected chi connectivity index (χ3v) is 1.28. The van der Waals surface area contributed by atoms with Gasteiger partial charge in [-0.25, -0.2) is 0 Å². The number of carbonyl (C=O) groups excluding carboxylic acids is 1. The quantitative estimate of drug-likeness (QED) is 0.377. The normalized spacial score (nSPS) is 9.17. The summed E-state index contributed by atoms with van der Waals surface area (Å²) in [6, 6.07) is 0. The van der Waals surface area contributed by atoms with Gasteiger partial charge in [0.2, 0.25) is 0 Å². The molecule has 0 aromatic rings. The lowest BCUT2D eigenvalue weighted by Crippen LogP contribution is -2.32. The monoisotopic (exact) mass is 172 g/mol. The van der Waals surface area contributed by atoms with E-state index in [4.69, 9.17) is 5.11 Å². The predicted octanol–water partition coefficient (Wildman–Crippen LogP) is -0.392. The van der Waals surface area contributed by atoms with Crippen molar-refractivity contribution in [3.8, 4) is 0 Å². The zero-order valence-electron chi connectivity index (χ0n) is 7.39. The van der Waals surface area contributed by atoms with Gasteiger partial charge in [0.1, 0.15) is 0 Å². The van der Waals surface area contributed by atoms with Gasteiger partial charge in [-0.05, 0) is 13.3 Å². The topological polar surface area (TPSA) is 61.4 Å². The van der Waals surface area contributed by atoms with E-state index in [9.17, 15) is 4.79 Å². The minimum Gasteiger partial charge on any atom is -0.396 e. The van der Waals surface area contributed by atoms with Crippen molar-refractivity contribution in [2.75, 3.05) is 19.7 Å². The van der Waals surface area contributed by atoms with Crippen molar-refractivity contribution in [3.63, 3.8) is 0 Å². The largest absolute Gasteiger partial charge is 0.396 e. The van der Waals surface area contributed by atoms with Crippen LogP contribution >= 0.6 is 0 Å². The molecular formula is C8H16N2O2. The molecule has 0 rings (SSSR count). The first-order valence-electron chi connectivity index (χ1n) is 4.04. The van der Waals surface area contributed by atoms with Gasteiger partial charge in [0.05, 0.1) is 5.70 Å². The Kier molecular flexibility index (Phi) is 6.09. The predicted molar refractivity (Wildman–Crippen MR) is 47.5 cm³/mol. The molecule has 1 amide bonds. The fourth-order valence-corrected chi connectivity index (χ4v) is 0.681. The van der Waals surface area contributed by atoms with Gasteiger partial charge < -0.3 is 15.7 Å². The summed E-state index contributed by atoms with van der Waals surface area (Å²) < 4.78 is 0. The highest BCUT2D eigenvalue weighted by atomic mass is 16.3. The van der Waals surface area contributed by atoms with Gasteiger partial charge in [-0.3, -0.25) is 4.79 Å². The minimum absolute atomic E-state index is 0.0912. The van der Waals surface area contributed by atoms with Crippen LogP contribution in [0.25, 0.3) is 0 Å². The summed E-state index contributed by atoms with van der Waals surface area (Å²) in [7, 11) is 0. The lowest BCUT2D eigenvalue weighted by atomic mass is 10.4. The Morgan fingerprint density at radius 3 is 2.67 bits per heavy atom. The Bertz CT molecular complexity index is 157. The van der Waals surface area contributed by atoms with Gasteiger partial charge >= 0.3 is 0 Å². The third kappa shape index (κ3) is 4.73. The van der Waals surface area contributed by atoms with Gasteiger partial charge in [0.15, 0.2) is 0 Å². The maximum atomic E-state index is 11.1. The van der Waals surface area contributed by atoms with Crippen molar-refractivity contribution < 1.29 is 9.90 Å². The van der Waals surface area contributed by atoms with Crippen LogP contribution in [-0.4, -0.2) is 30.7 Å². The maximum absolute atomic E-state index is 11.1. The molecule has 0 fully saturated rings. The summed E-state index contributed by atoms with van der Waals surface area (Å²) >= 11 is 0. The Morgan fingerprint density at radius 1 is 1.50 bits per heavy atom. The summed E-state index contributed by atoms with van der Waals surface area (Å²) in [4.78, 5) is 11.1. The molecule has 0 aromatic carbocycles. The van der Waals surface area contributed by atoms with Crippen LogP contribution in [0.1, 0.15) is 13.3 Å². The summed E-state index contributed by atoms with van der Waals surface area (Å²) in [6.45, 7) is 6.70. The van der Waals surface area contributed by atoms with Gasteiger partial charge in [-0.15, -0.1) is 0 Å². The van der Waals surface area contributed by atoms with Crippen LogP contribution < -0.4 is 10.6 Å². The van der Waals surface area contributed by atoms with Crippen LogP contribution in [0, 0.1) is 0 Å². The van der Waals surface area contributed by atoms with Crippen molar-refractivity contribution in [1.82, 2.24) is 10.6 Å². The number of aliphatic hydroxyl groups is 1. The lowest BCUT2D eigenvalue weighted by Gasteiger charge is -2.07. The molecule has 0 spiro atoms. The standard InChI is InChI=1S/C8H16N2O2/c1-3-9-7(2)8(12)10-5-4-6-11/h9,11H,2-6H2,1H3,(H,10,12). The molecule has 0 heterocycles. The Labute approximate surface area is 72.7 Å². The van der Waals surface area contributed by atoms with E-state index in [1.807, 2.05) is 6.92 Å². The van der Waals surface area contributed by atoms with Crippen molar-refractivity contribution in [1.29, 1.82) is 0 Å². The fraction of sp³-hybridized carbons (Fsp3) is 0.625. The van der Waals surface area contributed by atoms with Crippen LogP contribution in [0.5, 0.6) is 0 Å². The molecule has 0 aromatic heterocycles. The van der Waals surface area contributed by atoms with E-state index in [1.54, 1.807) is 0 Å². The first-order valence-corrected chi connectivity index (χ1v) is 4.04. The molecule has 3 N–H and O–H groups in total. The van der Waals surface area contributed by atoms with E-state index >= 15 is 0 Å². The van der Waals surface area contributed by atoms with E-state index in [2.05, 4.69) is 17.2 Å². The molecule has 0 atom stereocenters. The van der Waals surface area contributed by atoms with Crippen molar-refractivity contribution in [2.45, 2.75) is 13.3 Å². The first-order chi connectivity index (χ1) is 5.72. The highest BCUT2D eigenvalue weighted by Gasteiger charge is 2.02. The van der Waals surface area contributed by atoms with E-state index in [-0.39, 0.29) is 12.5 Å². The summed E-state index contributed by atoms with van der Waals surface area (Å²) in [5.41, 5.74) is 0.371. The average Bonchev–Trinajstić information content (AvgIpc) is 2.05. The van der Waals surface area contributed by atoms with E-state index in [1.165, 1.54) is 0 Å². The number of hydrogen-bond donors (Lipinski definition) is 3. The molecule has 0 saturated heterocycles. The second kappa shape index (κ2) is 6.67. The smallest absolute Gasteiger partial charge is 0.266 e. The Hall–Kier alpha value is -1.03. The zero-order chi connectivity index (χ0) is 9.40. The fourth-order valence-electron chi connectivity index (χ4n) is 0.681. The molecular weight excluding hydrogens is 156 g/mol. The Balaban J connectivity index is 3.50. The zero-order valence-corrected chi connectivity index (χ0v) is 7.39. The molecule has 12 heavy (non-hydrogen) atoms. The van der Waals surface area contributed by atoms with E-state index < -0.39 is 0 Å². The second-order valence-electron chi connectivity index (χ2n) is 2.34. The molecule has 4 heteroatoms. The number of nitrogens with one attached hydrogen (secondary N) is 2. The van der Waals surface area contributed by atoms with Gasteiger partial charge in [-0.2, -0.15) is 0 Å². The van der Waals surface area contributed by atoms with Crippen molar-refractivity contribution in [3.05, 3.63) is 12.3 Å². The summed E-state index contributed by atoms with van der Waals surface area (Å²) in [5.74, 6) is -0.203. The molecule has 4 nitrogen and oxygen atoms in total. The van der Waals surface area contributed by atoms with Crippen LogP contribution in [0.3, 0.4) is 0 Å². The van der Waals surface area contributed by atoms with Gasteiger partial charge in [0, 0.05) is 19.7 Å². The molecule has 0 unspecified atom stereocenters. The van der Waals surface area contributed by atoms with Gasteiger partial charge in [0.25, 0.3) is 5.91 Å². The SMILES string of the molecule is C=C(NCC)C(=O)NCCCO. The van der Waals surface area contributed by atoms with Crippen LogP contribution in [-0.2, 0) is 4.79 Å². The molecule has 70 valence electrons. The van der Waals surface area contributed by atoms with Crippen LogP contribution in [0.2, 0.25) is 0 Å². The number of aliphatic hydroxyl groups excluding tert-OH is 1. The molecule has 0 radical (unpaired) electrons. The van der Waals surface area contributed by atoms with Crippen molar-refractivity contribution in [2.24, 2.45) is 0 Å². The van der Waals surface area contributed by atoms with E-state index in [0.717, 1.165) is 0 Å². The number of hydrogen-bond acceptors (Lipinski definition) is 3. The number of rotatable bonds is 6. The third-order valence-electron chi connectivity index (χ3n) is 1.28. The molecule has 0 saturated carbocycles. The lowest BCUT2D eigenvalue weighted by molar-refractivity contribution is -0.117. The number of likely N-dealkylation sites (N-methyl/N-ethyl adjacent to an activating group) is 1. The minimum atomic E-state index is -0.203. The maximum Gasteiger partial charge on any atom is 0.266 e. The molecule has 0 aliphatic heterocycles. The molecule has 0 bridgehead atoms. The molecule has 0 aliphatic rings.